The highest BCUT2D eigenvalue weighted by Gasteiger charge is 2.08. The van der Waals surface area contributed by atoms with Gasteiger partial charge in [-0.2, -0.15) is 0 Å². The Morgan fingerprint density at radius 1 is 1.40 bits per heavy atom. The van der Waals surface area contributed by atoms with Gasteiger partial charge in [-0.1, -0.05) is 19.1 Å². The van der Waals surface area contributed by atoms with Gasteiger partial charge in [0.1, 0.15) is 0 Å². The van der Waals surface area contributed by atoms with Gasteiger partial charge in [0.15, 0.2) is 5.78 Å². The van der Waals surface area contributed by atoms with Gasteiger partial charge in [0.05, 0.1) is 17.6 Å². The van der Waals surface area contributed by atoms with Crippen LogP contribution in [0.3, 0.4) is 0 Å². The largest absolute Gasteiger partial charge is 0.326 e. The van der Waals surface area contributed by atoms with E-state index in [1.165, 1.54) is 4.57 Å². The minimum Gasteiger partial charge on any atom is -0.306 e. The van der Waals surface area contributed by atoms with E-state index in [9.17, 15) is 9.59 Å². The molecule has 4 nitrogen and oxygen atoms in total. The predicted octanol–water partition coefficient (Wildman–Crippen LogP) is 1.31. The minimum atomic E-state index is -0.224. The van der Waals surface area contributed by atoms with Crippen LogP contribution in [0.1, 0.15) is 13.3 Å². The second-order valence-corrected chi connectivity index (χ2v) is 3.43. The van der Waals surface area contributed by atoms with Gasteiger partial charge < -0.3 is 4.98 Å². The van der Waals surface area contributed by atoms with E-state index in [2.05, 4.69) is 4.98 Å². The van der Waals surface area contributed by atoms with E-state index in [0.29, 0.717) is 6.42 Å². The molecule has 15 heavy (non-hydrogen) atoms. The summed E-state index contributed by atoms with van der Waals surface area (Å²) in [6.45, 7) is 1.95. The highest BCUT2D eigenvalue weighted by atomic mass is 16.2. The molecule has 2 aromatic rings. The second-order valence-electron chi connectivity index (χ2n) is 3.43. The molecule has 1 heterocycles. The van der Waals surface area contributed by atoms with Crippen molar-refractivity contribution in [2.24, 2.45) is 0 Å². The Morgan fingerprint density at radius 3 is 2.87 bits per heavy atom. The molecule has 1 N–H and O–H groups in total. The number of fused-ring (bicyclic) bond motifs is 1. The van der Waals surface area contributed by atoms with Crippen molar-refractivity contribution in [1.82, 2.24) is 9.55 Å². The van der Waals surface area contributed by atoms with Crippen LogP contribution < -0.4 is 5.69 Å². The van der Waals surface area contributed by atoms with Crippen LogP contribution in [-0.2, 0) is 11.3 Å². The number of rotatable bonds is 3. The average molecular weight is 204 g/mol. The van der Waals surface area contributed by atoms with E-state index in [0.717, 1.165) is 11.0 Å². The summed E-state index contributed by atoms with van der Waals surface area (Å²) in [7, 11) is 0. The fourth-order valence-electron chi connectivity index (χ4n) is 1.55. The first kappa shape index (κ1) is 9.71. The van der Waals surface area contributed by atoms with Gasteiger partial charge in [-0.3, -0.25) is 9.36 Å². The first-order chi connectivity index (χ1) is 7.22. The number of para-hydroxylation sites is 2. The molecule has 0 aliphatic carbocycles. The number of aromatic amines is 1. The SMILES string of the molecule is CCC(=O)Cn1c(=O)[nH]c2ccccc21. The Hall–Kier alpha value is -1.84. The molecule has 0 saturated heterocycles. The lowest BCUT2D eigenvalue weighted by Crippen LogP contribution is -2.21. The van der Waals surface area contributed by atoms with Crippen molar-refractivity contribution in [2.75, 3.05) is 0 Å². The summed E-state index contributed by atoms with van der Waals surface area (Å²) in [5, 5.41) is 0. The lowest BCUT2D eigenvalue weighted by atomic mass is 10.3. The van der Waals surface area contributed by atoms with Gasteiger partial charge in [0.2, 0.25) is 0 Å². The quantitative estimate of drug-likeness (QED) is 0.819. The Balaban J connectivity index is 2.54. The van der Waals surface area contributed by atoms with Crippen LogP contribution in [0.25, 0.3) is 11.0 Å². The zero-order chi connectivity index (χ0) is 10.8. The van der Waals surface area contributed by atoms with Crippen molar-refractivity contribution in [2.45, 2.75) is 19.9 Å². The molecule has 0 aliphatic heterocycles. The summed E-state index contributed by atoms with van der Waals surface area (Å²) >= 11 is 0. The van der Waals surface area contributed by atoms with E-state index in [1.54, 1.807) is 6.92 Å². The highest BCUT2D eigenvalue weighted by Crippen LogP contribution is 2.08. The van der Waals surface area contributed by atoms with E-state index < -0.39 is 0 Å². The smallest absolute Gasteiger partial charge is 0.306 e. The molecule has 78 valence electrons. The van der Waals surface area contributed by atoms with Crippen LogP contribution in [0.15, 0.2) is 29.1 Å². The molecule has 0 spiro atoms. The fourth-order valence-corrected chi connectivity index (χ4v) is 1.55. The van der Waals surface area contributed by atoms with Crippen molar-refractivity contribution >= 4 is 16.8 Å². The number of carbonyl (C=O) groups is 1. The Bertz CT molecular complexity index is 551. The standard InChI is InChI=1S/C11H12N2O2/c1-2-8(14)7-13-10-6-4-3-5-9(10)12-11(13)15/h3-6H,2,7H2,1H3,(H,12,15). The number of hydrogen-bond donors (Lipinski definition) is 1. The normalized spacial score (nSPS) is 10.7. The molecule has 0 unspecified atom stereocenters. The van der Waals surface area contributed by atoms with Gasteiger partial charge >= 0.3 is 5.69 Å². The molecule has 0 radical (unpaired) electrons. The van der Waals surface area contributed by atoms with Crippen molar-refractivity contribution in [3.05, 3.63) is 34.7 Å². The van der Waals surface area contributed by atoms with Crippen molar-refractivity contribution in [3.8, 4) is 0 Å². The summed E-state index contributed by atoms with van der Waals surface area (Å²) < 4.78 is 1.47. The summed E-state index contributed by atoms with van der Waals surface area (Å²) in [5.74, 6) is 0.0573. The number of nitrogens with zero attached hydrogens (tertiary/aromatic N) is 1. The van der Waals surface area contributed by atoms with E-state index in [-0.39, 0.29) is 18.0 Å². The number of benzene rings is 1. The number of hydrogen-bond acceptors (Lipinski definition) is 2. The van der Waals surface area contributed by atoms with Crippen LogP contribution in [0, 0.1) is 0 Å². The van der Waals surface area contributed by atoms with Gasteiger partial charge in [-0.05, 0) is 12.1 Å². The molecule has 1 aromatic carbocycles. The van der Waals surface area contributed by atoms with Crippen LogP contribution >= 0.6 is 0 Å². The molecule has 1 aromatic heterocycles. The van der Waals surface area contributed by atoms with Gasteiger partial charge in [0.25, 0.3) is 0 Å². The van der Waals surface area contributed by atoms with E-state index in [4.69, 9.17) is 0 Å². The average Bonchev–Trinajstić information content (AvgIpc) is 2.55. The van der Waals surface area contributed by atoms with Crippen molar-refractivity contribution < 1.29 is 4.79 Å². The maximum atomic E-state index is 11.5. The summed E-state index contributed by atoms with van der Waals surface area (Å²) in [4.78, 5) is 25.6. The van der Waals surface area contributed by atoms with E-state index in [1.807, 2.05) is 24.3 Å². The van der Waals surface area contributed by atoms with E-state index >= 15 is 0 Å². The van der Waals surface area contributed by atoms with Crippen LogP contribution in [-0.4, -0.2) is 15.3 Å². The maximum Gasteiger partial charge on any atom is 0.326 e. The second kappa shape index (κ2) is 3.73. The predicted molar refractivity (Wildman–Crippen MR) is 57.9 cm³/mol. The van der Waals surface area contributed by atoms with Gasteiger partial charge in [-0.25, -0.2) is 4.79 Å². The zero-order valence-electron chi connectivity index (χ0n) is 8.49. The molecule has 0 amide bonds. The molecular weight excluding hydrogens is 192 g/mol. The minimum absolute atomic E-state index is 0.0573. The Kier molecular flexibility index (Phi) is 2.41. The Morgan fingerprint density at radius 2 is 2.13 bits per heavy atom. The topological polar surface area (TPSA) is 54.9 Å². The van der Waals surface area contributed by atoms with Crippen LogP contribution in [0.5, 0.6) is 0 Å². The number of H-pyrrole nitrogens is 1. The molecule has 0 aliphatic rings. The van der Waals surface area contributed by atoms with Gasteiger partial charge in [-0.15, -0.1) is 0 Å². The third-order valence-corrected chi connectivity index (χ3v) is 2.41. The number of aromatic nitrogens is 2. The number of Topliss-reactive ketones (excluding diaryl/α,β-unsaturated/α-hetero) is 1. The molecule has 0 fully saturated rings. The molecule has 2 rings (SSSR count). The third kappa shape index (κ3) is 1.70. The lowest BCUT2D eigenvalue weighted by Gasteiger charge is -1.99. The first-order valence-electron chi connectivity index (χ1n) is 4.91. The first-order valence-corrected chi connectivity index (χ1v) is 4.91. The number of carbonyl (C=O) groups excluding carboxylic acids is 1. The lowest BCUT2D eigenvalue weighted by molar-refractivity contribution is -0.119. The van der Waals surface area contributed by atoms with Crippen molar-refractivity contribution in [3.63, 3.8) is 0 Å². The number of imidazole rings is 1. The number of ketones is 1. The highest BCUT2D eigenvalue weighted by molar-refractivity contribution is 5.81. The molecule has 0 atom stereocenters. The monoisotopic (exact) mass is 204 g/mol. The van der Waals surface area contributed by atoms with Crippen molar-refractivity contribution in [1.29, 1.82) is 0 Å². The summed E-state index contributed by atoms with van der Waals surface area (Å²) in [6, 6.07) is 7.35. The summed E-state index contributed by atoms with van der Waals surface area (Å²) in [5.41, 5.74) is 1.33. The maximum absolute atomic E-state index is 11.5. The molecule has 0 saturated carbocycles. The number of nitrogens with one attached hydrogen (secondary N) is 1. The van der Waals surface area contributed by atoms with Crippen LogP contribution in [0.2, 0.25) is 0 Å². The molecule has 0 bridgehead atoms. The van der Waals surface area contributed by atoms with Crippen LogP contribution in [0.4, 0.5) is 0 Å². The van der Waals surface area contributed by atoms with Gasteiger partial charge in [0, 0.05) is 6.42 Å². The molecule has 4 heteroatoms. The Labute approximate surface area is 86.5 Å². The zero-order valence-corrected chi connectivity index (χ0v) is 8.49. The third-order valence-electron chi connectivity index (χ3n) is 2.41. The summed E-state index contributed by atoms with van der Waals surface area (Å²) in [6.07, 6.45) is 0.450. The molecular formula is C11H12N2O2. The fraction of sp³-hybridized carbons (Fsp3) is 0.273.